The van der Waals surface area contributed by atoms with Crippen LogP contribution in [0.25, 0.3) is 0 Å². The maximum Gasteiger partial charge on any atom is 0.306 e. The number of carbonyl (C=O) groups excluding carboxylic acids is 3. The van der Waals surface area contributed by atoms with Gasteiger partial charge in [0.15, 0.2) is 6.10 Å². The number of ether oxygens (including phenoxy) is 3. The molecule has 6 heteroatoms. The maximum absolute atomic E-state index is 12.9. The van der Waals surface area contributed by atoms with Crippen molar-refractivity contribution < 1.29 is 28.6 Å². The summed E-state index contributed by atoms with van der Waals surface area (Å²) in [4.78, 5) is 38.3. The number of hydrogen-bond acceptors (Lipinski definition) is 6. The molecule has 0 aliphatic rings. The summed E-state index contributed by atoms with van der Waals surface area (Å²) in [6.45, 7) is 6.34. The van der Waals surface area contributed by atoms with Crippen molar-refractivity contribution in [1.82, 2.24) is 0 Å². The van der Waals surface area contributed by atoms with Crippen molar-refractivity contribution >= 4 is 17.9 Å². The summed E-state index contributed by atoms with van der Waals surface area (Å²) in [5, 5.41) is 0. The van der Waals surface area contributed by atoms with Gasteiger partial charge in [0.25, 0.3) is 0 Å². The van der Waals surface area contributed by atoms with Gasteiger partial charge in [0.2, 0.25) is 0 Å². The molecule has 452 valence electrons. The molecule has 0 bridgehead atoms. The van der Waals surface area contributed by atoms with Crippen LogP contribution in [0.2, 0.25) is 0 Å². The standard InChI is InChI=1S/C74H120O6/c1-4-7-10-13-16-19-22-25-27-29-31-33-34-35-36-37-38-39-40-41-43-44-46-49-52-55-58-61-64-67-73(76)79-70-71(69-78-72(75)66-63-60-57-54-51-48-24-21-18-15-12-9-6-3)80-74(77)68-65-62-59-56-53-50-47-45-42-32-30-28-26-23-20-17-14-11-8-5-2/h7,9-10,12,16,18-19,21,25,27,31,33,35-36,38-39,41,43,46,48-49,51,57,60,71H,4-6,8,11,13-15,17,20,22-24,26,28-30,32,34,37,40,42,44-45,47,50,52-56,58-59,61-70H2,1-3H3/b10-7-,12-9-,19-16-,21-18-,27-25-,33-31-,36-35-,39-38-,43-41-,49-46-,51-48-,60-57-. The summed E-state index contributed by atoms with van der Waals surface area (Å²) >= 11 is 0. The van der Waals surface area contributed by atoms with Gasteiger partial charge >= 0.3 is 17.9 Å². The van der Waals surface area contributed by atoms with E-state index in [1.807, 2.05) is 6.08 Å². The molecule has 0 N–H and O–H groups in total. The first kappa shape index (κ1) is 75.3. The van der Waals surface area contributed by atoms with E-state index in [9.17, 15) is 14.4 Å². The Morgan fingerprint density at radius 1 is 0.263 bits per heavy atom. The molecule has 6 nitrogen and oxygen atoms in total. The van der Waals surface area contributed by atoms with E-state index in [2.05, 4.69) is 161 Å². The fraction of sp³-hybridized carbons (Fsp3) is 0.635. The van der Waals surface area contributed by atoms with E-state index >= 15 is 0 Å². The average Bonchev–Trinajstić information content (AvgIpc) is 3.46. The van der Waals surface area contributed by atoms with Gasteiger partial charge in [-0.15, -0.1) is 0 Å². The predicted octanol–water partition coefficient (Wildman–Crippen LogP) is 22.7. The van der Waals surface area contributed by atoms with Gasteiger partial charge in [-0.25, -0.2) is 0 Å². The van der Waals surface area contributed by atoms with Crippen LogP contribution < -0.4 is 0 Å². The van der Waals surface area contributed by atoms with Gasteiger partial charge in [0, 0.05) is 19.3 Å². The highest BCUT2D eigenvalue weighted by Gasteiger charge is 2.19. The Kier molecular flexibility index (Phi) is 62.9. The molecule has 0 aromatic rings. The normalized spacial score (nSPS) is 13.1. The minimum Gasteiger partial charge on any atom is -0.462 e. The summed E-state index contributed by atoms with van der Waals surface area (Å²) < 4.78 is 16.8. The smallest absolute Gasteiger partial charge is 0.306 e. The molecule has 0 fully saturated rings. The Labute approximate surface area is 493 Å². The topological polar surface area (TPSA) is 78.9 Å². The highest BCUT2D eigenvalue weighted by atomic mass is 16.6. The van der Waals surface area contributed by atoms with Crippen LogP contribution in [-0.4, -0.2) is 37.2 Å². The number of hydrogen-bond donors (Lipinski definition) is 0. The third-order valence-electron chi connectivity index (χ3n) is 13.6. The second kappa shape index (κ2) is 66.8. The number of carbonyl (C=O) groups is 3. The average molecular weight is 1110 g/mol. The van der Waals surface area contributed by atoms with Crippen LogP contribution in [0.15, 0.2) is 146 Å². The van der Waals surface area contributed by atoms with Gasteiger partial charge in [-0.2, -0.15) is 0 Å². The van der Waals surface area contributed by atoms with Crippen molar-refractivity contribution in [3.8, 4) is 0 Å². The molecule has 0 heterocycles. The number of allylic oxidation sites excluding steroid dienone is 24. The number of unbranched alkanes of at least 4 members (excludes halogenated alkanes) is 23. The van der Waals surface area contributed by atoms with Crippen LogP contribution in [-0.2, 0) is 28.6 Å². The van der Waals surface area contributed by atoms with Crippen molar-refractivity contribution in [3.05, 3.63) is 146 Å². The third-order valence-corrected chi connectivity index (χ3v) is 13.6. The van der Waals surface area contributed by atoms with Crippen molar-refractivity contribution in [2.24, 2.45) is 0 Å². The summed E-state index contributed by atoms with van der Waals surface area (Å²) in [5.41, 5.74) is 0. The molecule has 0 amide bonds. The second-order valence-electron chi connectivity index (χ2n) is 21.3. The summed E-state index contributed by atoms with van der Waals surface area (Å²) in [6.07, 6.45) is 95.9. The molecule has 0 aliphatic carbocycles. The molecule has 0 saturated carbocycles. The molecular formula is C74H120O6. The van der Waals surface area contributed by atoms with Crippen LogP contribution in [0.1, 0.15) is 284 Å². The first-order chi connectivity index (χ1) is 39.5. The Hall–Kier alpha value is -4.71. The minimum atomic E-state index is -0.823. The maximum atomic E-state index is 12.9. The van der Waals surface area contributed by atoms with Gasteiger partial charge < -0.3 is 14.2 Å². The first-order valence-corrected chi connectivity index (χ1v) is 32.8. The zero-order valence-corrected chi connectivity index (χ0v) is 51.8. The summed E-state index contributed by atoms with van der Waals surface area (Å²) in [6, 6.07) is 0. The molecule has 80 heavy (non-hydrogen) atoms. The SMILES string of the molecule is CC/C=C\C/C=C\C/C=C\C/C=C\C/C=C\C/C=C\C/C=C\C/C=C\CCCCCCC(=O)OCC(COC(=O)CC/C=C\C/C=C\C/C=C\C/C=C\CC)OC(=O)CCCCCCCCCCCCCCCCCCCCCC. The predicted molar refractivity (Wildman–Crippen MR) is 348 cm³/mol. The van der Waals surface area contributed by atoms with E-state index in [0.717, 1.165) is 128 Å². The van der Waals surface area contributed by atoms with Crippen molar-refractivity contribution in [1.29, 1.82) is 0 Å². The first-order valence-electron chi connectivity index (χ1n) is 32.8. The molecule has 1 atom stereocenters. The lowest BCUT2D eigenvalue weighted by molar-refractivity contribution is -0.166. The fourth-order valence-electron chi connectivity index (χ4n) is 8.77. The lowest BCUT2D eigenvalue weighted by Crippen LogP contribution is -2.30. The Morgan fingerprint density at radius 2 is 0.512 bits per heavy atom. The zero-order valence-electron chi connectivity index (χ0n) is 51.8. The van der Waals surface area contributed by atoms with E-state index in [4.69, 9.17) is 14.2 Å². The van der Waals surface area contributed by atoms with E-state index in [1.165, 1.54) is 109 Å². The highest BCUT2D eigenvalue weighted by Crippen LogP contribution is 2.16. The quantitative estimate of drug-likeness (QED) is 0.0261. The van der Waals surface area contributed by atoms with Gasteiger partial charge in [0.05, 0.1) is 0 Å². The lowest BCUT2D eigenvalue weighted by atomic mass is 10.0. The van der Waals surface area contributed by atoms with E-state index < -0.39 is 6.10 Å². The number of rotatable bonds is 58. The Bertz CT molecular complexity index is 1750. The summed E-state index contributed by atoms with van der Waals surface area (Å²) in [5.74, 6) is -1.02. The second-order valence-corrected chi connectivity index (χ2v) is 21.3. The zero-order chi connectivity index (χ0) is 57.8. The van der Waals surface area contributed by atoms with Crippen LogP contribution >= 0.6 is 0 Å². The van der Waals surface area contributed by atoms with Gasteiger partial charge in [0.1, 0.15) is 13.2 Å². The third kappa shape index (κ3) is 64.1. The lowest BCUT2D eigenvalue weighted by Gasteiger charge is -2.18. The van der Waals surface area contributed by atoms with E-state index in [-0.39, 0.29) is 37.5 Å². The molecule has 0 spiro atoms. The summed E-state index contributed by atoms with van der Waals surface area (Å²) in [7, 11) is 0. The number of esters is 3. The molecule has 0 aliphatic heterocycles. The molecule has 0 aromatic heterocycles. The van der Waals surface area contributed by atoms with Crippen molar-refractivity contribution in [2.45, 2.75) is 290 Å². The Morgan fingerprint density at radius 3 is 0.838 bits per heavy atom. The molecule has 0 aromatic carbocycles. The van der Waals surface area contributed by atoms with Crippen LogP contribution in [0, 0.1) is 0 Å². The van der Waals surface area contributed by atoms with Gasteiger partial charge in [-0.3, -0.25) is 14.4 Å². The van der Waals surface area contributed by atoms with Crippen LogP contribution in [0.5, 0.6) is 0 Å². The van der Waals surface area contributed by atoms with Crippen LogP contribution in [0.4, 0.5) is 0 Å². The van der Waals surface area contributed by atoms with Gasteiger partial charge in [-0.1, -0.05) is 301 Å². The molecule has 1 unspecified atom stereocenters. The minimum absolute atomic E-state index is 0.116. The van der Waals surface area contributed by atoms with Crippen LogP contribution in [0.3, 0.4) is 0 Å². The highest BCUT2D eigenvalue weighted by molar-refractivity contribution is 5.71. The molecule has 0 rings (SSSR count). The largest absolute Gasteiger partial charge is 0.462 e. The van der Waals surface area contributed by atoms with Gasteiger partial charge in [-0.05, 0) is 109 Å². The fourth-order valence-corrected chi connectivity index (χ4v) is 8.77. The molecule has 0 radical (unpaired) electrons. The van der Waals surface area contributed by atoms with E-state index in [0.29, 0.717) is 19.3 Å². The van der Waals surface area contributed by atoms with Crippen molar-refractivity contribution in [2.75, 3.05) is 13.2 Å². The molecular weight excluding hydrogens is 985 g/mol. The monoisotopic (exact) mass is 1100 g/mol. The van der Waals surface area contributed by atoms with Crippen molar-refractivity contribution in [3.63, 3.8) is 0 Å². The molecule has 0 saturated heterocycles. The van der Waals surface area contributed by atoms with E-state index in [1.54, 1.807) is 0 Å². The Balaban J connectivity index is 4.42.